The van der Waals surface area contributed by atoms with Gasteiger partial charge in [0.15, 0.2) is 0 Å². The molecule has 1 aliphatic carbocycles. The molecular weight excluding hydrogens is 309 g/mol. The molecule has 1 aromatic carbocycles. The molecule has 1 fully saturated rings. The normalized spacial score (nSPS) is 21.6. The van der Waals surface area contributed by atoms with Crippen molar-refractivity contribution in [3.63, 3.8) is 0 Å². The van der Waals surface area contributed by atoms with E-state index in [1.807, 2.05) is 0 Å². The Balaban J connectivity index is 2.09. The summed E-state index contributed by atoms with van der Waals surface area (Å²) in [4.78, 5) is 23.4. The maximum atomic E-state index is 14.0. The van der Waals surface area contributed by atoms with E-state index < -0.39 is 23.1 Å². The standard InChI is InChI=1S/C16H19ClFNO3/c1-16(2,12-6-4-10(17)8-13(12)18)15(22)19-11-5-3-9(7-11)14(20)21/h4,6,8-9,11H,3,5,7H2,1-2H3,(H,19,22)(H,20,21)/t9-,11+/m1/s1. The van der Waals surface area contributed by atoms with E-state index in [0.717, 1.165) is 0 Å². The van der Waals surface area contributed by atoms with Crippen molar-refractivity contribution in [1.29, 1.82) is 0 Å². The first-order valence-electron chi connectivity index (χ1n) is 7.21. The molecule has 1 saturated carbocycles. The number of aliphatic carboxylic acids is 1. The number of hydrogen-bond donors (Lipinski definition) is 2. The second-order valence-corrected chi connectivity index (χ2v) is 6.70. The molecule has 1 aliphatic rings. The minimum atomic E-state index is -1.06. The van der Waals surface area contributed by atoms with Gasteiger partial charge in [-0.3, -0.25) is 9.59 Å². The van der Waals surface area contributed by atoms with Gasteiger partial charge in [0.2, 0.25) is 5.91 Å². The average molecular weight is 328 g/mol. The molecule has 6 heteroatoms. The molecule has 4 nitrogen and oxygen atoms in total. The van der Waals surface area contributed by atoms with Crippen LogP contribution >= 0.6 is 11.6 Å². The molecule has 22 heavy (non-hydrogen) atoms. The van der Waals surface area contributed by atoms with E-state index in [9.17, 15) is 14.0 Å². The zero-order chi connectivity index (χ0) is 16.5. The Hall–Kier alpha value is -1.62. The molecule has 0 aliphatic heterocycles. The minimum Gasteiger partial charge on any atom is -0.481 e. The van der Waals surface area contributed by atoms with E-state index >= 15 is 0 Å². The van der Waals surface area contributed by atoms with Gasteiger partial charge in [0.05, 0.1) is 11.3 Å². The third-order valence-electron chi connectivity index (χ3n) is 4.29. The number of rotatable bonds is 4. The highest BCUT2D eigenvalue weighted by Crippen LogP contribution is 2.30. The van der Waals surface area contributed by atoms with Crippen LogP contribution in [0.15, 0.2) is 18.2 Å². The maximum absolute atomic E-state index is 14.0. The first-order chi connectivity index (χ1) is 10.2. The van der Waals surface area contributed by atoms with Gasteiger partial charge in [0.25, 0.3) is 0 Å². The molecule has 2 N–H and O–H groups in total. The summed E-state index contributed by atoms with van der Waals surface area (Å²) in [6.45, 7) is 3.27. The van der Waals surface area contributed by atoms with Crippen LogP contribution in [0.1, 0.15) is 38.7 Å². The van der Waals surface area contributed by atoms with Gasteiger partial charge in [0.1, 0.15) is 5.82 Å². The fourth-order valence-electron chi connectivity index (χ4n) is 2.82. The molecule has 0 bridgehead atoms. The van der Waals surface area contributed by atoms with Gasteiger partial charge in [-0.1, -0.05) is 17.7 Å². The van der Waals surface area contributed by atoms with Crippen LogP contribution in [0.2, 0.25) is 5.02 Å². The molecule has 2 atom stereocenters. The molecule has 0 aromatic heterocycles. The molecule has 0 saturated heterocycles. The van der Waals surface area contributed by atoms with Crippen LogP contribution in [0.3, 0.4) is 0 Å². The fourth-order valence-corrected chi connectivity index (χ4v) is 2.98. The summed E-state index contributed by atoms with van der Waals surface area (Å²) < 4.78 is 14.0. The highest BCUT2D eigenvalue weighted by Gasteiger charge is 2.36. The molecular formula is C16H19ClFNO3. The number of halogens is 2. The Labute approximate surface area is 133 Å². The van der Waals surface area contributed by atoms with Crippen molar-refractivity contribution in [2.75, 3.05) is 0 Å². The number of carboxylic acid groups (broad SMARTS) is 1. The van der Waals surface area contributed by atoms with Crippen LogP contribution in [0.5, 0.6) is 0 Å². The number of benzene rings is 1. The van der Waals surface area contributed by atoms with Gasteiger partial charge in [0, 0.05) is 16.6 Å². The second kappa shape index (κ2) is 6.24. The summed E-state index contributed by atoms with van der Waals surface area (Å²) >= 11 is 5.73. The maximum Gasteiger partial charge on any atom is 0.306 e. The molecule has 0 spiro atoms. The summed E-state index contributed by atoms with van der Waals surface area (Å²) in [6, 6.07) is 4.06. The van der Waals surface area contributed by atoms with E-state index in [4.69, 9.17) is 16.7 Å². The molecule has 0 heterocycles. The summed E-state index contributed by atoms with van der Waals surface area (Å²) in [5.41, 5.74) is -0.794. The molecule has 2 rings (SSSR count). The number of carbonyl (C=O) groups is 2. The van der Waals surface area contributed by atoms with Gasteiger partial charge in [-0.05, 0) is 45.2 Å². The van der Waals surface area contributed by atoms with Crippen molar-refractivity contribution in [2.45, 2.75) is 44.6 Å². The van der Waals surface area contributed by atoms with Crippen LogP contribution in [-0.2, 0) is 15.0 Å². The highest BCUT2D eigenvalue weighted by molar-refractivity contribution is 6.30. The Kier molecular flexibility index (Phi) is 4.75. The number of amides is 1. The van der Waals surface area contributed by atoms with Crippen molar-refractivity contribution >= 4 is 23.5 Å². The lowest BCUT2D eigenvalue weighted by atomic mass is 9.83. The van der Waals surface area contributed by atoms with E-state index in [0.29, 0.717) is 19.3 Å². The van der Waals surface area contributed by atoms with Gasteiger partial charge >= 0.3 is 5.97 Å². The summed E-state index contributed by atoms with van der Waals surface area (Å²) in [5.74, 6) is -2.09. The molecule has 0 unspecified atom stereocenters. The van der Waals surface area contributed by atoms with E-state index in [1.54, 1.807) is 19.9 Å². The Morgan fingerprint density at radius 2 is 2.05 bits per heavy atom. The van der Waals surface area contributed by atoms with Crippen molar-refractivity contribution in [3.05, 3.63) is 34.6 Å². The Morgan fingerprint density at radius 1 is 1.36 bits per heavy atom. The minimum absolute atomic E-state index is 0.178. The molecule has 1 amide bonds. The highest BCUT2D eigenvalue weighted by atomic mass is 35.5. The van der Waals surface area contributed by atoms with Crippen molar-refractivity contribution in [2.24, 2.45) is 5.92 Å². The van der Waals surface area contributed by atoms with Crippen molar-refractivity contribution in [1.82, 2.24) is 5.32 Å². The number of hydrogen-bond acceptors (Lipinski definition) is 2. The first kappa shape index (κ1) is 16.7. The SMILES string of the molecule is CC(C)(C(=O)N[C@H]1CC[C@@H](C(=O)O)C1)c1ccc(Cl)cc1F. The second-order valence-electron chi connectivity index (χ2n) is 6.27. The topological polar surface area (TPSA) is 66.4 Å². The van der Waals surface area contributed by atoms with Gasteiger partial charge in [-0.25, -0.2) is 4.39 Å². The van der Waals surface area contributed by atoms with Gasteiger partial charge in [-0.15, -0.1) is 0 Å². The number of carbonyl (C=O) groups excluding carboxylic acids is 1. The van der Waals surface area contributed by atoms with Crippen LogP contribution < -0.4 is 5.32 Å². The van der Waals surface area contributed by atoms with Gasteiger partial charge < -0.3 is 10.4 Å². The molecule has 120 valence electrons. The predicted molar refractivity (Wildman–Crippen MR) is 81.3 cm³/mol. The quantitative estimate of drug-likeness (QED) is 0.893. The number of nitrogens with one attached hydrogen (secondary N) is 1. The summed E-state index contributed by atoms with van der Waals surface area (Å²) in [6.07, 6.45) is 1.60. The third kappa shape index (κ3) is 3.40. The van der Waals surface area contributed by atoms with Crippen molar-refractivity contribution < 1.29 is 19.1 Å². The van der Waals surface area contributed by atoms with Crippen LogP contribution in [-0.4, -0.2) is 23.0 Å². The van der Waals surface area contributed by atoms with E-state index in [-0.39, 0.29) is 22.5 Å². The zero-order valence-corrected chi connectivity index (χ0v) is 13.3. The number of carboxylic acids is 1. The monoisotopic (exact) mass is 327 g/mol. The lowest BCUT2D eigenvalue weighted by molar-refractivity contribution is -0.141. The lowest BCUT2D eigenvalue weighted by Gasteiger charge is -2.27. The Bertz CT molecular complexity index is 603. The predicted octanol–water partition coefficient (Wildman–Crippen LogP) is 3.13. The van der Waals surface area contributed by atoms with Crippen LogP contribution in [0, 0.1) is 11.7 Å². The molecule has 1 aromatic rings. The summed E-state index contributed by atoms with van der Waals surface area (Å²) in [7, 11) is 0. The van der Waals surface area contributed by atoms with Crippen LogP contribution in [0.4, 0.5) is 4.39 Å². The van der Waals surface area contributed by atoms with Crippen molar-refractivity contribution in [3.8, 4) is 0 Å². The van der Waals surface area contributed by atoms with Gasteiger partial charge in [-0.2, -0.15) is 0 Å². The molecule has 0 radical (unpaired) electrons. The van der Waals surface area contributed by atoms with E-state index in [1.165, 1.54) is 12.1 Å². The van der Waals surface area contributed by atoms with E-state index in [2.05, 4.69) is 5.32 Å². The lowest BCUT2D eigenvalue weighted by Crippen LogP contribution is -2.45. The Morgan fingerprint density at radius 3 is 2.59 bits per heavy atom. The summed E-state index contributed by atoms with van der Waals surface area (Å²) in [5, 5.41) is 12.1. The fraction of sp³-hybridized carbons (Fsp3) is 0.500. The third-order valence-corrected chi connectivity index (χ3v) is 4.52. The smallest absolute Gasteiger partial charge is 0.306 e. The zero-order valence-electron chi connectivity index (χ0n) is 12.5. The van der Waals surface area contributed by atoms with Crippen LogP contribution in [0.25, 0.3) is 0 Å². The average Bonchev–Trinajstić information content (AvgIpc) is 2.86. The first-order valence-corrected chi connectivity index (χ1v) is 7.59. The largest absolute Gasteiger partial charge is 0.481 e.